The molecule has 1 saturated heterocycles. The fraction of sp³-hybridized carbons (Fsp3) is 1.00. The average molecular weight is 86.9 g/mol. The molecule has 1 fully saturated rings. The van der Waals surface area contributed by atoms with Crippen molar-refractivity contribution in [1.29, 1.82) is 0 Å². The Morgan fingerprint density at radius 3 is 2.67 bits per heavy atom. The summed E-state index contributed by atoms with van der Waals surface area (Å²) in [6.45, 7) is 0.597. The molecule has 1 radical (unpaired) electrons. The van der Waals surface area contributed by atoms with Gasteiger partial charge in [-0.1, -0.05) is 5.04 Å². The summed E-state index contributed by atoms with van der Waals surface area (Å²) in [5.41, 5.74) is 0. The molecule has 0 aromatic heterocycles. The first-order chi connectivity index (χ1) is 3.00. The highest BCUT2D eigenvalue weighted by atomic mass is 17.5. The first kappa shape index (κ1) is 4.11. The Balaban J connectivity index is 2.00. The minimum atomic E-state index is 0.597. The molecule has 0 aromatic carbocycles. The second kappa shape index (κ2) is 2.18. The summed E-state index contributed by atoms with van der Waals surface area (Å²) >= 11 is 0. The van der Waals surface area contributed by atoms with Gasteiger partial charge in [0.05, 0.1) is 6.61 Å². The van der Waals surface area contributed by atoms with Crippen LogP contribution in [-0.4, -0.2) is 14.1 Å². The van der Waals surface area contributed by atoms with Crippen LogP contribution in [0.5, 0.6) is 0 Å². The third-order valence-electron chi connectivity index (χ3n) is 0.474. The van der Waals surface area contributed by atoms with Crippen LogP contribution in [0.15, 0.2) is 0 Å². The van der Waals surface area contributed by atoms with Gasteiger partial charge in [0.15, 0.2) is 0 Å². The van der Waals surface area contributed by atoms with Gasteiger partial charge in [-0.15, -0.1) is 0 Å². The quantitative estimate of drug-likeness (QED) is 0.305. The second-order valence-electron chi connectivity index (χ2n) is 0.942. The van der Waals surface area contributed by atoms with E-state index >= 15 is 0 Å². The molecule has 0 atom stereocenters. The first-order valence-corrected chi connectivity index (χ1v) is 1.77. The molecule has 0 aliphatic carbocycles. The number of rotatable bonds is 0. The van der Waals surface area contributed by atoms with Gasteiger partial charge in [-0.2, -0.15) is 0 Å². The molecule has 6 heavy (non-hydrogen) atoms. The van der Waals surface area contributed by atoms with Gasteiger partial charge in [-0.05, 0) is 6.32 Å². The lowest BCUT2D eigenvalue weighted by atomic mass is 9.97. The molecule has 33 valence electrons. The maximum absolute atomic E-state index is 4.32. The van der Waals surface area contributed by atoms with Crippen molar-refractivity contribution in [1.82, 2.24) is 0 Å². The van der Waals surface area contributed by atoms with Crippen LogP contribution in [0.3, 0.4) is 0 Å². The largest absolute Gasteiger partial charge is 0.351 e. The molecular formula is C2H4BO3. The zero-order valence-corrected chi connectivity index (χ0v) is 3.22. The standard InChI is InChI=1S/C2H4BO3/c1-2-4-6-5-3-1/h1-2H2. The Labute approximate surface area is 36.3 Å². The summed E-state index contributed by atoms with van der Waals surface area (Å²) in [4.78, 5) is 8.54. The van der Waals surface area contributed by atoms with Crippen molar-refractivity contribution in [3.63, 3.8) is 0 Å². The van der Waals surface area contributed by atoms with Crippen molar-refractivity contribution >= 4 is 7.48 Å². The molecule has 0 spiro atoms. The smallest absolute Gasteiger partial charge is 0.281 e. The van der Waals surface area contributed by atoms with Crippen molar-refractivity contribution in [2.45, 2.75) is 6.32 Å². The number of hydrogen-bond donors (Lipinski definition) is 0. The van der Waals surface area contributed by atoms with E-state index in [0.717, 1.165) is 6.32 Å². The molecule has 0 N–H and O–H groups in total. The highest BCUT2D eigenvalue weighted by Gasteiger charge is 2.00. The van der Waals surface area contributed by atoms with Crippen LogP contribution in [0.1, 0.15) is 0 Å². The topological polar surface area (TPSA) is 27.7 Å². The third kappa shape index (κ3) is 0.968. The minimum absolute atomic E-state index is 0.597. The Morgan fingerprint density at radius 1 is 1.50 bits per heavy atom. The van der Waals surface area contributed by atoms with E-state index in [1.54, 1.807) is 7.48 Å². The fourth-order valence-corrected chi connectivity index (χ4v) is 0.234. The van der Waals surface area contributed by atoms with Crippen molar-refractivity contribution in [3.05, 3.63) is 0 Å². The average Bonchev–Trinajstić information content (AvgIpc) is 1.72. The van der Waals surface area contributed by atoms with Crippen molar-refractivity contribution in [2.75, 3.05) is 6.61 Å². The van der Waals surface area contributed by atoms with Crippen molar-refractivity contribution < 1.29 is 14.7 Å². The lowest BCUT2D eigenvalue weighted by Crippen LogP contribution is -2.11. The van der Waals surface area contributed by atoms with Gasteiger partial charge in [0, 0.05) is 0 Å². The van der Waals surface area contributed by atoms with E-state index in [9.17, 15) is 0 Å². The summed E-state index contributed by atoms with van der Waals surface area (Å²) in [6.07, 6.45) is 0.806. The second-order valence-corrected chi connectivity index (χ2v) is 0.942. The highest BCUT2D eigenvalue weighted by Crippen LogP contribution is 1.92. The molecule has 0 unspecified atom stereocenters. The minimum Gasteiger partial charge on any atom is -0.281 e. The van der Waals surface area contributed by atoms with E-state index in [-0.39, 0.29) is 0 Å². The maximum atomic E-state index is 4.32. The predicted octanol–water partition coefficient (Wildman–Crippen LogP) is -0.0827. The van der Waals surface area contributed by atoms with E-state index in [1.165, 1.54) is 0 Å². The summed E-state index contributed by atoms with van der Waals surface area (Å²) in [6, 6.07) is 0. The first-order valence-electron chi connectivity index (χ1n) is 1.77. The zero-order chi connectivity index (χ0) is 4.24. The Kier molecular flexibility index (Phi) is 1.49. The molecule has 0 saturated carbocycles. The van der Waals surface area contributed by atoms with E-state index in [4.69, 9.17) is 0 Å². The van der Waals surface area contributed by atoms with E-state index in [1.807, 2.05) is 0 Å². The van der Waals surface area contributed by atoms with Gasteiger partial charge in [-0.3, -0.25) is 4.81 Å². The highest BCUT2D eigenvalue weighted by molar-refractivity contribution is 6.26. The van der Waals surface area contributed by atoms with Crippen LogP contribution >= 0.6 is 0 Å². The molecule has 0 amide bonds. The molecule has 4 heteroatoms. The lowest BCUT2D eigenvalue weighted by Gasteiger charge is -2.05. The van der Waals surface area contributed by atoms with Crippen LogP contribution in [0.4, 0.5) is 0 Å². The summed E-state index contributed by atoms with van der Waals surface area (Å²) < 4.78 is 0. The van der Waals surface area contributed by atoms with E-state index < -0.39 is 0 Å². The van der Waals surface area contributed by atoms with Crippen LogP contribution < -0.4 is 0 Å². The Bertz CT molecular complexity index is 24.3. The van der Waals surface area contributed by atoms with E-state index in [0.29, 0.717) is 6.61 Å². The van der Waals surface area contributed by atoms with Gasteiger partial charge in [0.2, 0.25) is 0 Å². The van der Waals surface area contributed by atoms with Gasteiger partial charge in [-0.25, -0.2) is 4.89 Å². The molecule has 1 rings (SSSR count). The SMILES string of the molecule is [B]1CCOOO1. The van der Waals surface area contributed by atoms with E-state index in [2.05, 4.69) is 14.7 Å². The Morgan fingerprint density at radius 2 is 2.50 bits per heavy atom. The lowest BCUT2D eigenvalue weighted by molar-refractivity contribution is -0.476. The van der Waals surface area contributed by atoms with Crippen molar-refractivity contribution in [3.8, 4) is 0 Å². The van der Waals surface area contributed by atoms with Crippen molar-refractivity contribution in [2.24, 2.45) is 0 Å². The van der Waals surface area contributed by atoms with Gasteiger partial charge in [0.1, 0.15) is 0 Å². The molecule has 1 aliphatic heterocycles. The maximum Gasteiger partial charge on any atom is 0.351 e. The van der Waals surface area contributed by atoms with Crippen LogP contribution in [0, 0.1) is 0 Å². The Hall–Kier alpha value is -0.0551. The molecule has 0 aromatic rings. The summed E-state index contributed by atoms with van der Waals surface area (Å²) in [5.74, 6) is 0. The van der Waals surface area contributed by atoms with Gasteiger partial charge in [0.25, 0.3) is 0 Å². The van der Waals surface area contributed by atoms with Gasteiger partial charge >= 0.3 is 7.48 Å². The number of hydrogen-bond acceptors (Lipinski definition) is 3. The monoisotopic (exact) mass is 87.0 g/mol. The van der Waals surface area contributed by atoms with Crippen LogP contribution in [-0.2, 0) is 14.7 Å². The van der Waals surface area contributed by atoms with Crippen LogP contribution in [0.25, 0.3) is 0 Å². The summed E-state index contributed by atoms with van der Waals surface area (Å²) in [5, 5.41) is 4.01. The van der Waals surface area contributed by atoms with Gasteiger partial charge < -0.3 is 0 Å². The third-order valence-corrected chi connectivity index (χ3v) is 0.474. The summed E-state index contributed by atoms with van der Waals surface area (Å²) in [7, 11) is 1.55. The molecule has 0 bridgehead atoms. The fourth-order valence-electron chi connectivity index (χ4n) is 0.234. The molecule has 1 aliphatic rings. The predicted molar refractivity (Wildman–Crippen MR) is 18.7 cm³/mol. The molecule has 1 heterocycles. The molecular weight excluding hydrogens is 82.8 g/mol. The normalized spacial score (nSPS) is 22.7. The zero-order valence-electron chi connectivity index (χ0n) is 3.22. The van der Waals surface area contributed by atoms with Crippen LogP contribution in [0.2, 0.25) is 6.32 Å². The molecule has 3 nitrogen and oxygen atoms in total.